The normalized spacial score (nSPS) is 25.8. The number of carbonyl (C=O) groups excluding carboxylic acids is 2. The van der Waals surface area contributed by atoms with Crippen molar-refractivity contribution in [3.8, 4) is 0 Å². The van der Waals surface area contributed by atoms with Gasteiger partial charge in [-0.05, 0) is 70.5 Å². The molecule has 10 nitrogen and oxygen atoms in total. The molecule has 2 saturated heterocycles. The van der Waals surface area contributed by atoms with Gasteiger partial charge >= 0.3 is 29.0 Å². The van der Waals surface area contributed by atoms with Crippen molar-refractivity contribution in [1.29, 1.82) is 0 Å². The van der Waals surface area contributed by atoms with Crippen LogP contribution in [0.5, 0.6) is 0 Å². The third-order valence-electron chi connectivity index (χ3n) is 12.1. The molecule has 1 radical (unpaired) electrons. The number of hydrogen-bond donors (Lipinski definition) is 0. The van der Waals surface area contributed by atoms with Gasteiger partial charge in [-0.3, -0.25) is 14.8 Å². The van der Waals surface area contributed by atoms with Gasteiger partial charge in [-0.1, -0.05) is 152 Å². The second-order valence-electron chi connectivity index (χ2n) is 15.9. The molecule has 1 aromatic heterocycles. The fourth-order valence-corrected chi connectivity index (χ4v) is 9.26. The maximum Gasteiger partial charge on any atom is 2.00 e. The van der Waals surface area contributed by atoms with Gasteiger partial charge in [-0.25, -0.2) is 14.6 Å². The molecule has 63 heavy (non-hydrogen) atoms. The SMILES string of the molecule is O=C1OCC(Cc2ccccc2)N1/C1=C2\C=CC(=N2)/C(c2ccccc2)=C2/C=CC([N-]2)C(N2C(=O)OCC2Cc2ccccc2)C2=N/C(=C(/c3ccccc3)c3ccc1[n-]3)C=C2.[Co+2]. The Hall–Kier alpha value is -7.21. The Bertz CT molecular complexity index is 2840. The predicted octanol–water partition coefficient (Wildman–Crippen LogP) is 9.32. The number of ether oxygens (including phenoxy) is 2. The van der Waals surface area contributed by atoms with Crippen LogP contribution in [0.15, 0.2) is 197 Å². The first-order valence-corrected chi connectivity index (χ1v) is 21.0. The van der Waals surface area contributed by atoms with Gasteiger partial charge in [-0.2, -0.15) is 0 Å². The maximum atomic E-state index is 14.0. The summed E-state index contributed by atoms with van der Waals surface area (Å²) in [4.78, 5) is 47.5. The standard InChI is InChI=1S/C52H40N6O4.Co/c59-51-57(37(31-61-51)29-33-13-5-1-6-14-33)49-43-25-21-39(53-43)47(35-17-9-3-10-18-35)41-23-27-45(55-41)50(58-38(32-62-52(58)60)30-34-15-7-2-8-16-34)46-28-24-42(56-46)48(36-19-11-4-12-20-36)40-22-26-44(49)54-40;/h1-28,37-38,43,49H,29-32H2;/q-2;+2. The number of carbonyl (C=O) groups is 2. The second-order valence-corrected chi connectivity index (χ2v) is 15.9. The first-order valence-electron chi connectivity index (χ1n) is 21.0. The smallest absolute Gasteiger partial charge is 0.676 e. The summed E-state index contributed by atoms with van der Waals surface area (Å²) in [5, 5.41) is 5.43. The summed E-state index contributed by atoms with van der Waals surface area (Å²) in [6.07, 6.45) is 12.4. The molecule has 2 fully saturated rings. The Morgan fingerprint density at radius 2 is 1.17 bits per heavy atom. The summed E-state index contributed by atoms with van der Waals surface area (Å²) >= 11 is 0. The minimum absolute atomic E-state index is 0. The van der Waals surface area contributed by atoms with Crippen LogP contribution in [-0.4, -0.2) is 70.8 Å². The van der Waals surface area contributed by atoms with Crippen molar-refractivity contribution in [3.63, 3.8) is 0 Å². The van der Waals surface area contributed by atoms with E-state index in [0.29, 0.717) is 52.7 Å². The van der Waals surface area contributed by atoms with Gasteiger partial charge in [-0.15, -0.1) is 17.1 Å². The van der Waals surface area contributed by atoms with E-state index >= 15 is 0 Å². The predicted molar refractivity (Wildman–Crippen MR) is 240 cm³/mol. The van der Waals surface area contributed by atoms with Crippen molar-refractivity contribution in [2.45, 2.75) is 37.0 Å². The number of allylic oxidation sites excluding steroid dienone is 5. The Labute approximate surface area is 375 Å². The molecule has 6 aliphatic heterocycles. The summed E-state index contributed by atoms with van der Waals surface area (Å²) in [7, 11) is 0. The van der Waals surface area contributed by atoms with Crippen molar-refractivity contribution < 1.29 is 35.8 Å². The van der Waals surface area contributed by atoms with E-state index in [4.69, 9.17) is 29.8 Å². The first kappa shape index (κ1) is 39.9. The van der Waals surface area contributed by atoms with E-state index in [1.165, 1.54) is 0 Å². The number of amides is 2. The number of hydrogen-bond acceptors (Lipinski definition) is 6. The zero-order valence-corrected chi connectivity index (χ0v) is 35.0. The van der Waals surface area contributed by atoms with Gasteiger partial charge in [0.2, 0.25) is 0 Å². The maximum absolute atomic E-state index is 14.0. The molecule has 0 aliphatic carbocycles. The van der Waals surface area contributed by atoms with Gasteiger partial charge in [0.1, 0.15) is 13.2 Å². The molecule has 8 bridgehead atoms. The van der Waals surface area contributed by atoms with Crippen molar-refractivity contribution in [3.05, 3.63) is 226 Å². The van der Waals surface area contributed by atoms with Gasteiger partial charge in [0.05, 0.1) is 46.6 Å². The molecule has 0 saturated carbocycles. The minimum atomic E-state index is -0.586. The van der Waals surface area contributed by atoms with Crippen LogP contribution in [0.4, 0.5) is 9.59 Å². The molecule has 11 heteroatoms. The number of aliphatic imine (C=N–C) groups is 2. The molecule has 4 unspecified atom stereocenters. The average molecular weight is 872 g/mol. The second kappa shape index (κ2) is 16.9. The van der Waals surface area contributed by atoms with E-state index in [-0.39, 0.29) is 42.1 Å². The summed E-state index contributed by atoms with van der Waals surface area (Å²) in [6, 6.07) is 42.7. The van der Waals surface area contributed by atoms with Crippen molar-refractivity contribution in [2.75, 3.05) is 13.2 Å². The Balaban J connectivity index is 0.00000471. The third-order valence-corrected chi connectivity index (χ3v) is 12.1. The van der Waals surface area contributed by atoms with Gasteiger partial charge < -0.3 is 19.8 Å². The van der Waals surface area contributed by atoms with Crippen LogP contribution in [-0.2, 0) is 39.1 Å². The van der Waals surface area contributed by atoms with E-state index in [1.807, 2.05) is 144 Å². The van der Waals surface area contributed by atoms with Crippen molar-refractivity contribution >= 4 is 40.5 Å². The molecular formula is C52H40CoN6O4. The Kier molecular flexibility index (Phi) is 10.7. The zero-order chi connectivity index (χ0) is 41.6. The molecule has 311 valence electrons. The largest absolute Gasteiger partial charge is 2.00 e. The van der Waals surface area contributed by atoms with E-state index < -0.39 is 24.3 Å². The van der Waals surface area contributed by atoms with Crippen LogP contribution < -0.4 is 4.98 Å². The van der Waals surface area contributed by atoms with Gasteiger partial charge in [0.15, 0.2) is 0 Å². The van der Waals surface area contributed by atoms with Crippen LogP contribution in [0.1, 0.15) is 33.6 Å². The number of benzene rings is 4. The zero-order valence-electron chi connectivity index (χ0n) is 34.0. The van der Waals surface area contributed by atoms with E-state index in [2.05, 4.69) is 30.3 Å². The van der Waals surface area contributed by atoms with Crippen LogP contribution >= 0.6 is 0 Å². The van der Waals surface area contributed by atoms with E-state index in [9.17, 15) is 9.59 Å². The van der Waals surface area contributed by atoms with Crippen LogP contribution in [0.25, 0.3) is 22.2 Å². The van der Waals surface area contributed by atoms with Crippen LogP contribution in [0, 0.1) is 0 Å². The number of rotatable bonds is 8. The van der Waals surface area contributed by atoms with E-state index in [1.54, 1.807) is 4.90 Å². The fourth-order valence-electron chi connectivity index (χ4n) is 9.26. The minimum Gasteiger partial charge on any atom is -0.676 e. The van der Waals surface area contributed by atoms with Crippen molar-refractivity contribution in [1.82, 2.24) is 14.8 Å². The average Bonchev–Trinajstić information content (AvgIpc) is 4.19. The monoisotopic (exact) mass is 871 g/mol. The Morgan fingerprint density at radius 3 is 1.87 bits per heavy atom. The summed E-state index contributed by atoms with van der Waals surface area (Å²) in [5.41, 5.74) is 10.9. The topological polar surface area (TPSA) is 112 Å². The van der Waals surface area contributed by atoms with E-state index in [0.717, 1.165) is 39.1 Å². The quantitative estimate of drug-likeness (QED) is 0.154. The molecule has 11 rings (SSSR count). The fraction of sp³-hybridized carbons (Fsp3) is 0.154. The molecule has 0 N–H and O–H groups in total. The number of cyclic esters (lactones) is 2. The van der Waals surface area contributed by atoms with Crippen LogP contribution in [0.3, 0.4) is 0 Å². The number of aromatic nitrogens is 1. The summed E-state index contributed by atoms with van der Waals surface area (Å²) in [6.45, 7) is 0.478. The first-order chi connectivity index (χ1) is 30.6. The number of nitrogens with zero attached hydrogens (tertiary/aromatic N) is 6. The van der Waals surface area contributed by atoms with Crippen molar-refractivity contribution in [2.24, 2.45) is 9.98 Å². The molecule has 4 atom stereocenters. The molecule has 4 aromatic carbocycles. The van der Waals surface area contributed by atoms with Gasteiger partial charge in [0, 0.05) is 0 Å². The molecule has 0 spiro atoms. The Morgan fingerprint density at radius 1 is 0.587 bits per heavy atom. The molecule has 5 aromatic rings. The molecule has 6 aliphatic rings. The molecular weight excluding hydrogens is 832 g/mol. The molecule has 2 amide bonds. The van der Waals surface area contributed by atoms with Gasteiger partial charge in [0.25, 0.3) is 0 Å². The number of fused-ring (bicyclic) bond motifs is 6. The summed E-state index contributed by atoms with van der Waals surface area (Å²) in [5.74, 6) is 0. The molecule has 7 heterocycles. The summed E-state index contributed by atoms with van der Waals surface area (Å²) < 4.78 is 11.6. The third kappa shape index (κ3) is 7.49. The van der Waals surface area contributed by atoms with Crippen LogP contribution in [0.2, 0.25) is 0 Å².